The Hall–Kier alpha value is -1.14. The van der Waals surface area contributed by atoms with Crippen LogP contribution in [0.1, 0.15) is 48.5 Å². The lowest BCUT2D eigenvalue weighted by Gasteiger charge is -2.32. The van der Waals surface area contributed by atoms with Crippen LogP contribution < -0.4 is 5.73 Å². The van der Waals surface area contributed by atoms with Gasteiger partial charge in [0.1, 0.15) is 5.60 Å². The van der Waals surface area contributed by atoms with Crippen molar-refractivity contribution in [2.45, 2.75) is 66.2 Å². The number of nitrogens with two attached hydrogens (primary N) is 1. The van der Waals surface area contributed by atoms with Gasteiger partial charge in [-0.15, -0.1) is 0 Å². The second-order valence-corrected chi connectivity index (χ2v) is 6.67. The first-order chi connectivity index (χ1) is 8.88. The second kappa shape index (κ2) is 7.04. The van der Waals surface area contributed by atoms with Crippen molar-refractivity contribution in [3.8, 4) is 0 Å². The van der Waals surface area contributed by atoms with Crippen molar-refractivity contribution in [1.82, 2.24) is 5.06 Å². The molecule has 0 aromatic heterocycles. The monoisotopic (exact) mass is 288 g/mol. The third-order valence-corrected chi connectivity index (χ3v) is 2.77. The van der Waals surface area contributed by atoms with Gasteiger partial charge in [-0.1, -0.05) is 27.7 Å². The smallest absolute Gasteiger partial charge is 0.332 e. The van der Waals surface area contributed by atoms with Gasteiger partial charge in [-0.2, -0.15) is 0 Å². The number of carbonyl (C=O) groups is 2. The summed E-state index contributed by atoms with van der Waals surface area (Å²) in [7, 11) is 0. The zero-order valence-electron chi connectivity index (χ0n) is 13.5. The lowest BCUT2D eigenvalue weighted by atomic mass is 10.0. The van der Waals surface area contributed by atoms with Gasteiger partial charge >= 0.3 is 5.97 Å². The molecule has 3 N–H and O–H groups in total. The molecular formula is C14H28N2O4. The zero-order valence-corrected chi connectivity index (χ0v) is 13.5. The van der Waals surface area contributed by atoms with E-state index in [1.807, 2.05) is 0 Å². The summed E-state index contributed by atoms with van der Waals surface area (Å²) in [6.45, 7) is 12.2. The largest absolute Gasteiger partial charge is 0.458 e. The van der Waals surface area contributed by atoms with Crippen molar-refractivity contribution in [1.29, 1.82) is 0 Å². The van der Waals surface area contributed by atoms with Gasteiger partial charge in [0.15, 0.2) is 6.04 Å². The van der Waals surface area contributed by atoms with E-state index in [1.54, 1.807) is 48.5 Å². The summed E-state index contributed by atoms with van der Waals surface area (Å²) in [6, 6.07) is -1.92. The minimum Gasteiger partial charge on any atom is -0.458 e. The molecule has 0 unspecified atom stereocenters. The lowest BCUT2D eigenvalue weighted by Crippen LogP contribution is -2.54. The van der Waals surface area contributed by atoms with Crippen LogP contribution in [0.5, 0.6) is 0 Å². The first-order valence-corrected chi connectivity index (χ1v) is 6.89. The van der Waals surface area contributed by atoms with Crippen molar-refractivity contribution in [3.05, 3.63) is 0 Å². The van der Waals surface area contributed by atoms with E-state index >= 15 is 0 Å². The Labute approximate surface area is 121 Å². The van der Waals surface area contributed by atoms with Crippen LogP contribution in [-0.2, 0) is 14.3 Å². The van der Waals surface area contributed by atoms with Crippen LogP contribution in [-0.4, -0.2) is 39.8 Å². The fourth-order valence-electron chi connectivity index (χ4n) is 1.59. The van der Waals surface area contributed by atoms with Crippen molar-refractivity contribution < 1.29 is 19.5 Å². The summed E-state index contributed by atoms with van der Waals surface area (Å²) in [5, 5.41) is 10.5. The average molecular weight is 288 g/mol. The molecule has 1 amide bonds. The number of esters is 1. The van der Waals surface area contributed by atoms with E-state index in [-0.39, 0.29) is 11.8 Å². The van der Waals surface area contributed by atoms with Gasteiger partial charge in [-0.3, -0.25) is 10.0 Å². The SMILES string of the molecule is CC(C)[C@H](N)C(=O)N(O)[C@H](C(=O)OC(C)(C)C)C(C)C. The summed E-state index contributed by atoms with van der Waals surface area (Å²) in [6.07, 6.45) is 0. The predicted octanol–water partition coefficient (Wildman–Crippen LogP) is 1.55. The summed E-state index contributed by atoms with van der Waals surface area (Å²) in [5.41, 5.74) is 5.04. The first kappa shape index (κ1) is 18.9. The molecule has 0 fully saturated rings. The van der Waals surface area contributed by atoms with Crippen LogP contribution in [0.3, 0.4) is 0 Å². The van der Waals surface area contributed by atoms with Gasteiger partial charge in [0, 0.05) is 0 Å². The fraction of sp³-hybridized carbons (Fsp3) is 0.857. The Morgan fingerprint density at radius 3 is 1.85 bits per heavy atom. The van der Waals surface area contributed by atoms with Crippen molar-refractivity contribution in [2.24, 2.45) is 17.6 Å². The Balaban J connectivity index is 5.10. The van der Waals surface area contributed by atoms with Gasteiger partial charge in [-0.25, -0.2) is 9.86 Å². The molecule has 0 bridgehead atoms. The summed E-state index contributed by atoms with van der Waals surface area (Å²) in [5.74, 6) is -1.74. The maximum absolute atomic E-state index is 12.1. The second-order valence-electron chi connectivity index (χ2n) is 6.67. The van der Waals surface area contributed by atoms with E-state index in [4.69, 9.17) is 10.5 Å². The van der Waals surface area contributed by atoms with Crippen LogP contribution in [0.2, 0.25) is 0 Å². The molecule has 0 saturated heterocycles. The third-order valence-electron chi connectivity index (χ3n) is 2.77. The fourth-order valence-corrected chi connectivity index (χ4v) is 1.59. The van der Waals surface area contributed by atoms with Crippen molar-refractivity contribution in [2.75, 3.05) is 0 Å². The highest BCUT2D eigenvalue weighted by atomic mass is 16.6. The van der Waals surface area contributed by atoms with Gasteiger partial charge in [0.05, 0.1) is 6.04 Å². The van der Waals surface area contributed by atoms with Gasteiger partial charge in [0.2, 0.25) is 0 Å². The molecule has 0 saturated carbocycles. The number of amides is 1. The molecular weight excluding hydrogens is 260 g/mol. The molecule has 0 rings (SSSR count). The molecule has 0 spiro atoms. The van der Waals surface area contributed by atoms with Crippen LogP contribution >= 0.6 is 0 Å². The van der Waals surface area contributed by atoms with E-state index in [1.165, 1.54) is 0 Å². The Morgan fingerprint density at radius 1 is 1.10 bits per heavy atom. The molecule has 6 nitrogen and oxygen atoms in total. The summed E-state index contributed by atoms with van der Waals surface area (Å²) in [4.78, 5) is 24.2. The maximum Gasteiger partial charge on any atom is 0.332 e. The van der Waals surface area contributed by atoms with Gasteiger partial charge in [0.25, 0.3) is 5.91 Å². The number of nitrogens with zero attached hydrogens (tertiary/aromatic N) is 1. The Kier molecular flexibility index (Phi) is 6.64. The Morgan fingerprint density at radius 2 is 1.55 bits per heavy atom. The standard InChI is InChI=1S/C14H28N2O4/c1-8(2)10(15)12(17)16(19)11(9(3)4)13(18)20-14(5,6)7/h8-11,19H,15H2,1-7H3/t10-,11-/m0/s1. The van der Waals surface area contributed by atoms with Crippen LogP contribution in [0, 0.1) is 11.8 Å². The number of rotatable bonds is 5. The molecule has 0 heterocycles. The van der Waals surface area contributed by atoms with E-state index < -0.39 is 29.6 Å². The number of ether oxygens (including phenoxy) is 1. The highest BCUT2D eigenvalue weighted by Crippen LogP contribution is 2.17. The predicted molar refractivity (Wildman–Crippen MR) is 75.9 cm³/mol. The van der Waals surface area contributed by atoms with Crippen LogP contribution in [0.4, 0.5) is 0 Å². The molecule has 0 aromatic rings. The first-order valence-electron chi connectivity index (χ1n) is 6.89. The minimum atomic E-state index is -1.06. The number of hydrogen-bond acceptors (Lipinski definition) is 5. The van der Waals surface area contributed by atoms with Crippen LogP contribution in [0.25, 0.3) is 0 Å². The summed E-state index contributed by atoms with van der Waals surface area (Å²) >= 11 is 0. The zero-order chi connectivity index (χ0) is 16.2. The lowest BCUT2D eigenvalue weighted by molar-refractivity contribution is -0.199. The third kappa shape index (κ3) is 5.46. The van der Waals surface area contributed by atoms with Crippen molar-refractivity contribution >= 4 is 11.9 Å². The number of carbonyl (C=O) groups excluding carboxylic acids is 2. The highest BCUT2D eigenvalue weighted by Gasteiger charge is 2.37. The van der Waals surface area contributed by atoms with Crippen molar-refractivity contribution in [3.63, 3.8) is 0 Å². The molecule has 20 heavy (non-hydrogen) atoms. The molecule has 0 aliphatic carbocycles. The van der Waals surface area contributed by atoms with E-state index in [0.717, 1.165) is 0 Å². The van der Waals surface area contributed by atoms with E-state index in [0.29, 0.717) is 5.06 Å². The number of hydrogen-bond donors (Lipinski definition) is 2. The topological polar surface area (TPSA) is 92.9 Å². The molecule has 6 heteroatoms. The quantitative estimate of drug-likeness (QED) is 0.455. The average Bonchev–Trinajstić information content (AvgIpc) is 2.23. The van der Waals surface area contributed by atoms with E-state index in [2.05, 4.69) is 0 Å². The highest BCUT2D eigenvalue weighted by molar-refractivity contribution is 5.86. The maximum atomic E-state index is 12.1. The van der Waals surface area contributed by atoms with Crippen LogP contribution in [0.15, 0.2) is 0 Å². The minimum absolute atomic E-state index is 0.136. The molecule has 118 valence electrons. The van der Waals surface area contributed by atoms with Gasteiger partial charge in [-0.05, 0) is 32.6 Å². The van der Waals surface area contributed by atoms with Gasteiger partial charge < -0.3 is 10.5 Å². The molecule has 0 aromatic carbocycles. The molecule has 0 aliphatic heterocycles. The number of hydroxylamine groups is 2. The normalized spacial score (nSPS) is 15.2. The summed E-state index contributed by atoms with van der Waals surface area (Å²) < 4.78 is 5.24. The molecule has 0 radical (unpaired) electrons. The molecule has 2 atom stereocenters. The van der Waals surface area contributed by atoms with E-state index in [9.17, 15) is 14.8 Å². The Bertz CT molecular complexity index is 348. The molecule has 0 aliphatic rings.